The highest BCUT2D eigenvalue weighted by Crippen LogP contribution is 2.46. The minimum absolute atomic E-state index is 0.275. The van der Waals surface area contributed by atoms with Crippen molar-refractivity contribution in [1.29, 1.82) is 0 Å². The second-order valence-corrected chi connectivity index (χ2v) is 13.8. The molecular weight excluding hydrogens is 621 g/mol. The van der Waals surface area contributed by atoms with E-state index in [0.29, 0.717) is 5.88 Å². The second kappa shape index (κ2) is 10.1. The molecule has 0 saturated carbocycles. The van der Waals surface area contributed by atoms with Crippen molar-refractivity contribution in [1.82, 2.24) is 9.55 Å². The largest absolute Gasteiger partial charge is 0.438 e. The van der Waals surface area contributed by atoms with Crippen molar-refractivity contribution in [2.24, 2.45) is 4.99 Å². The van der Waals surface area contributed by atoms with Crippen LogP contribution in [0.5, 0.6) is 0 Å². The lowest BCUT2D eigenvalue weighted by atomic mass is 10.0. The summed E-state index contributed by atoms with van der Waals surface area (Å²) in [5, 5.41) is 12.2. The van der Waals surface area contributed by atoms with Gasteiger partial charge in [-0.05, 0) is 70.9 Å². The third-order valence-electron chi connectivity index (χ3n) is 9.89. The number of thiophene rings is 1. The van der Waals surface area contributed by atoms with E-state index in [2.05, 4.69) is 136 Å². The van der Waals surface area contributed by atoms with Crippen LogP contribution in [0.1, 0.15) is 11.6 Å². The summed E-state index contributed by atoms with van der Waals surface area (Å²) in [4.78, 5) is 10.1. The van der Waals surface area contributed by atoms with E-state index in [1.165, 1.54) is 41.7 Å². The number of pyridine rings is 1. The SMILES string of the molecule is c1ccc(-c2ccc3c4c(oc3c2)NC(c2ccc3c(c2)sc2ccccc23)C(n2c3ccccc3c3cc5ccccc5cc32)=N4)nc1. The molecule has 230 valence electrons. The molecule has 1 aliphatic heterocycles. The molecule has 0 aliphatic carbocycles. The van der Waals surface area contributed by atoms with E-state index in [9.17, 15) is 0 Å². The number of hydrogen-bond acceptors (Lipinski definition) is 5. The van der Waals surface area contributed by atoms with Crippen molar-refractivity contribution in [3.8, 4) is 11.3 Å². The maximum absolute atomic E-state index is 6.59. The fourth-order valence-electron chi connectivity index (χ4n) is 7.59. The number of para-hydroxylation sites is 1. The summed E-state index contributed by atoms with van der Waals surface area (Å²) in [6.07, 6.45) is 1.82. The zero-order valence-corrected chi connectivity index (χ0v) is 26.9. The maximum atomic E-state index is 6.59. The van der Waals surface area contributed by atoms with E-state index < -0.39 is 0 Å². The number of nitrogens with zero attached hydrogens (tertiary/aromatic N) is 3. The van der Waals surface area contributed by atoms with Crippen LogP contribution in [-0.4, -0.2) is 15.4 Å². The van der Waals surface area contributed by atoms with Crippen LogP contribution in [0.3, 0.4) is 0 Å². The van der Waals surface area contributed by atoms with Gasteiger partial charge in [-0.3, -0.25) is 9.55 Å². The summed E-state index contributed by atoms with van der Waals surface area (Å²) in [5.41, 5.74) is 6.87. The van der Waals surface area contributed by atoms with Crippen molar-refractivity contribution in [3.63, 3.8) is 0 Å². The summed E-state index contributed by atoms with van der Waals surface area (Å²) in [5.74, 6) is 1.58. The molecule has 0 amide bonds. The van der Waals surface area contributed by atoms with Gasteiger partial charge in [0.25, 0.3) is 0 Å². The number of anilines is 1. The molecule has 1 atom stereocenters. The van der Waals surface area contributed by atoms with Crippen LogP contribution < -0.4 is 5.32 Å². The minimum Gasteiger partial charge on any atom is -0.438 e. The Balaban J connectivity index is 1.18. The van der Waals surface area contributed by atoms with Crippen LogP contribution in [0.2, 0.25) is 0 Å². The monoisotopic (exact) mass is 646 g/mol. The second-order valence-electron chi connectivity index (χ2n) is 12.7. The zero-order chi connectivity index (χ0) is 32.1. The highest BCUT2D eigenvalue weighted by Gasteiger charge is 2.32. The van der Waals surface area contributed by atoms with E-state index in [0.717, 1.165) is 50.3 Å². The van der Waals surface area contributed by atoms with Gasteiger partial charge in [-0.2, -0.15) is 0 Å². The molecule has 5 nitrogen and oxygen atoms in total. The number of hydrogen-bond donors (Lipinski definition) is 1. The molecule has 0 fully saturated rings. The molecular formula is C43H26N4OS. The van der Waals surface area contributed by atoms with E-state index in [1.54, 1.807) is 0 Å². The Hall–Kier alpha value is -6.24. The van der Waals surface area contributed by atoms with Crippen LogP contribution in [0.25, 0.3) is 75.0 Å². The Kier molecular flexibility index (Phi) is 5.54. The van der Waals surface area contributed by atoms with E-state index >= 15 is 0 Å². The number of aliphatic imine (C=N–C) groups is 1. The topological polar surface area (TPSA) is 55.4 Å². The molecule has 11 rings (SSSR count). The zero-order valence-electron chi connectivity index (χ0n) is 26.1. The summed E-state index contributed by atoms with van der Waals surface area (Å²) < 4.78 is 11.5. The number of benzene rings is 6. The molecule has 1 unspecified atom stereocenters. The Labute approximate surface area is 284 Å². The van der Waals surface area contributed by atoms with Gasteiger partial charge < -0.3 is 9.73 Å². The van der Waals surface area contributed by atoms with Crippen molar-refractivity contribution < 1.29 is 4.42 Å². The molecule has 0 bridgehead atoms. The van der Waals surface area contributed by atoms with Crippen LogP contribution in [-0.2, 0) is 0 Å². The number of fused-ring (bicyclic) bond motifs is 10. The molecule has 6 aromatic carbocycles. The smallest absolute Gasteiger partial charge is 0.221 e. The Bertz CT molecular complexity index is 2990. The van der Waals surface area contributed by atoms with Gasteiger partial charge >= 0.3 is 0 Å². The van der Waals surface area contributed by atoms with Crippen molar-refractivity contribution >= 4 is 92.5 Å². The lowest BCUT2D eigenvalue weighted by Gasteiger charge is -2.27. The van der Waals surface area contributed by atoms with Gasteiger partial charge in [-0.1, -0.05) is 84.9 Å². The number of rotatable bonds is 2. The van der Waals surface area contributed by atoms with Crippen LogP contribution >= 0.6 is 11.3 Å². The average Bonchev–Trinajstić information content (AvgIpc) is 3.82. The van der Waals surface area contributed by atoms with E-state index in [-0.39, 0.29) is 6.04 Å². The third-order valence-corrected chi connectivity index (χ3v) is 11.0. The summed E-state index contributed by atoms with van der Waals surface area (Å²) in [7, 11) is 0. The number of furan rings is 1. The molecule has 0 radical (unpaired) electrons. The molecule has 0 spiro atoms. The number of nitrogens with one attached hydrogen (secondary N) is 1. The Morgan fingerprint density at radius 1 is 0.612 bits per heavy atom. The molecule has 49 heavy (non-hydrogen) atoms. The lowest BCUT2D eigenvalue weighted by molar-refractivity contribution is 0.621. The fourth-order valence-corrected chi connectivity index (χ4v) is 8.75. The van der Waals surface area contributed by atoms with E-state index in [4.69, 9.17) is 9.41 Å². The minimum atomic E-state index is -0.275. The predicted octanol–water partition coefficient (Wildman–Crippen LogP) is 11.9. The fraction of sp³-hybridized carbons (Fsp3) is 0.0233. The summed E-state index contributed by atoms with van der Waals surface area (Å²) >= 11 is 1.83. The lowest BCUT2D eigenvalue weighted by Crippen LogP contribution is -2.29. The van der Waals surface area contributed by atoms with Gasteiger partial charge in [0.15, 0.2) is 0 Å². The van der Waals surface area contributed by atoms with Crippen molar-refractivity contribution in [2.45, 2.75) is 6.04 Å². The maximum Gasteiger partial charge on any atom is 0.221 e. The van der Waals surface area contributed by atoms with E-state index in [1.807, 2.05) is 35.7 Å². The molecule has 4 aromatic heterocycles. The van der Waals surface area contributed by atoms with Gasteiger partial charge in [0.05, 0.1) is 16.7 Å². The standard InChI is InChI=1S/C43H26N4OS/c1-2-10-26-22-36-33(21-25(26)9-1)29-11-3-5-14-35(29)47(36)42-40(28-17-18-31-30-12-4-6-15-38(30)49-39(31)24-28)46-43-41(45-42)32-19-16-27(23-37(32)48-43)34-13-7-8-20-44-34/h1-24,40,46H. The normalized spacial score (nSPS) is 14.6. The first-order valence-electron chi connectivity index (χ1n) is 16.4. The van der Waals surface area contributed by atoms with Crippen molar-refractivity contribution in [3.05, 3.63) is 151 Å². The predicted molar refractivity (Wildman–Crippen MR) is 205 cm³/mol. The summed E-state index contributed by atoms with van der Waals surface area (Å²) in [6.45, 7) is 0. The first-order chi connectivity index (χ1) is 24.3. The van der Waals surface area contributed by atoms with Gasteiger partial charge in [0, 0.05) is 48.1 Å². The Morgan fingerprint density at radius 2 is 1.39 bits per heavy atom. The van der Waals surface area contributed by atoms with Gasteiger partial charge in [0.1, 0.15) is 23.1 Å². The summed E-state index contributed by atoms with van der Waals surface area (Å²) in [6, 6.07) is 49.3. The van der Waals surface area contributed by atoms with Crippen LogP contribution in [0.4, 0.5) is 11.6 Å². The van der Waals surface area contributed by atoms with Gasteiger partial charge in [-0.15, -0.1) is 11.3 Å². The highest BCUT2D eigenvalue weighted by atomic mass is 32.1. The molecule has 1 aliphatic rings. The quantitative estimate of drug-likeness (QED) is 0.203. The van der Waals surface area contributed by atoms with Gasteiger partial charge in [-0.25, -0.2) is 4.99 Å². The van der Waals surface area contributed by atoms with Crippen molar-refractivity contribution in [2.75, 3.05) is 5.32 Å². The van der Waals surface area contributed by atoms with Crippen LogP contribution in [0.15, 0.2) is 155 Å². The molecule has 10 aromatic rings. The van der Waals surface area contributed by atoms with Gasteiger partial charge in [0.2, 0.25) is 5.88 Å². The first-order valence-corrected chi connectivity index (χ1v) is 17.3. The first kappa shape index (κ1) is 26.8. The number of aromatic nitrogens is 2. The average molecular weight is 647 g/mol. The molecule has 1 N–H and O–H groups in total. The van der Waals surface area contributed by atoms with Crippen LogP contribution in [0, 0.1) is 0 Å². The molecule has 0 saturated heterocycles. The molecule has 5 heterocycles. The molecule has 6 heteroatoms. The third kappa shape index (κ3) is 3.98. The highest BCUT2D eigenvalue weighted by molar-refractivity contribution is 7.25. The Morgan fingerprint density at radius 3 is 2.29 bits per heavy atom.